The van der Waals surface area contributed by atoms with Gasteiger partial charge in [0.1, 0.15) is 19.3 Å². The number of rotatable bonds is 6. The van der Waals surface area contributed by atoms with Crippen LogP contribution < -0.4 is 0 Å². The van der Waals surface area contributed by atoms with Gasteiger partial charge in [0.2, 0.25) is 0 Å². The maximum Gasteiger partial charge on any atom is 0.331 e. The molecule has 8 saturated carbocycles. The van der Waals surface area contributed by atoms with Crippen LogP contribution in [0.15, 0.2) is 23.3 Å². The predicted molar refractivity (Wildman–Crippen MR) is 235 cm³/mol. The van der Waals surface area contributed by atoms with Crippen LogP contribution >= 0.6 is 0 Å². The van der Waals surface area contributed by atoms with E-state index in [9.17, 15) is 39.6 Å². The Balaban J connectivity index is 0.000000165. The second-order valence-electron chi connectivity index (χ2n) is 23.4. The van der Waals surface area contributed by atoms with Crippen LogP contribution in [0.1, 0.15) is 164 Å². The third-order valence-electron chi connectivity index (χ3n) is 21.3. The standard InChI is InChI=1S/C27H38O8.C25H38O4/c1-16(28)34-15-25-9-4-19(35-17(2)29)13-26(25,31)10-6-22-21(25)5-8-24(3)20(7-11-27(22,24)32)18-12-23(30)33-14-18;1-4-23-10-5-16(2)14-24(23,27)11-7-20-19(23)6-9-22(3)18(8-12-25(20,22)28)17-13-21(26)29-15-17/h12,19-22,31-32H,4-11,13-15H2,1-3H3;13,16,18-20,27-28H,4-12,14-15H2,1-3H3/t19?,20?,21-,22+,24?,25?,26?,27?;16?,18?,19-,20+,22?,23?,24?,25?/m00/s1. The van der Waals surface area contributed by atoms with E-state index < -0.39 is 27.8 Å². The van der Waals surface area contributed by atoms with E-state index in [1.807, 2.05) is 0 Å². The highest BCUT2D eigenvalue weighted by molar-refractivity contribution is 5.86. The molecule has 0 saturated heterocycles. The molecule has 10 aliphatic rings. The van der Waals surface area contributed by atoms with Crippen LogP contribution in [-0.2, 0) is 38.1 Å². The number of fused-ring (bicyclic) bond motifs is 10. The van der Waals surface area contributed by atoms with E-state index in [0.29, 0.717) is 63.6 Å². The van der Waals surface area contributed by atoms with Crippen LogP contribution in [0.3, 0.4) is 0 Å². The highest BCUT2D eigenvalue weighted by Gasteiger charge is 2.73. The monoisotopic (exact) mass is 893 g/mol. The Morgan fingerprint density at radius 1 is 0.625 bits per heavy atom. The average molecular weight is 893 g/mol. The van der Waals surface area contributed by atoms with Crippen LogP contribution in [0.5, 0.6) is 0 Å². The molecule has 8 aliphatic carbocycles. The lowest BCUT2D eigenvalue weighted by molar-refractivity contribution is -0.271. The molecule has 12 heteroatoms. The lowest BCUT2D eigenvalue weighted by Crippen LogP contribution is -2.69. The van der Waals surface area contributed by atoms with Gasteiger partial charge in [0.05, 0.1) is 29.0 Å². The Labute approximate surface area is 379 Å². The smallest absolute Gasteiger partial charge is 0.331 e. The lowest BCUT2D eigenvalue weighted by Gasteiger charge is -2.67. The number of aliphatic hydroxyl groups is 4. The van der Waals surface area contributed by atoms with Crippen molar-refractivity contribution in [2.75, 3.05) is 19.8 Å². The number of carbonyl (C=O) groups is 4. The van der Waals surface area contributed by atoms with E-state index >= 15 is 0 Å². The van der Waals surface area contributed by atoms with Gasteiger partial charge in [-0.05, 0) is 168 Å². The molecule has 16 atom stereocenters. The van der Waals surface area contributed by atoms with Gasteiger partial charge < -0.3 is 39.4 Å². The number of hydrogen-bond donors (Lipinski definition) is 4. The quantitative estimate of drug-likeness (QED) is 0.155. The molecule has 2 aliphatic heterocycles. The van der Waals surface area contributed by atoms with Gasteiger partial charge in [0.25, 0.3) is 0 Å². The van der Waals surface area contributed by atoms with Gasteiger partial charge in [0.15, 0.2) is 0 Å². The van der Waals surface area contributed by atoms with Crippen LogP contribution in [0.4, 0.5) is 0 Å². The summed E-state index contributed by atoms with van der Waals surface area (Å²) in [4.78, 5) is 47.0. The third-order valence-corrected chi connectivity index (χ3v) is 21.3. The molecule has 2 heterocycles. The fourth-order valence-corrected chi connectivity index (χ4v) is 18.2. The molecule has 0 amide bonds. The molecule has 0 radical (unpaired) electrons. The SMILES string of the molecule is CC(=O)OCC12CCC(OC(C)=O)CC1(O)CC[C@@H]1[C@@H]2CCC2(C)C(C3=CC(=O)OC3)CCC12O.CCC12CCC(C)CC1(O)CC[C@@H]1[C@@H]2CCC2(C)C(C3=CC(=O)OC3)CCC12O. The summed E-state index contributed by atoms with van der Waals surface area (Å²) in [5.74, 6) is 0.247. The van der Waals surface area contributed by atoms with Crippen LogP contribution in [-0.4, -0.2) is 92.6 Å². The lowest BCUT2D eigenvalue weighted by atomic mass is 9.40. The highest BCUT2D eigenvalue weighted by atomic mass is 16.6. The molecule has 0 bridgehead atoms. The number of esters is 4. The number of cyclic esters (lactones) is 2. The third kappa shape index (κ3) is 6.61. The second kappa shape index (κ2) is 15.9. The first-order chi connectivity index (χ1) is 30.1. The summed E-state index contributed by atoms with van der Waals surface area (Å²) < 4.78 is 21.5. The van der Waals surface area contributed by atoms with Crippen molar-refractivity contribution >= 4 is 23.9 Å². The Hall–Kier alpha value is -2.80. The van der Waals surface area contributed by atoms with Crippen molar-refractivity contribution in [1.82, 2.24) is 0 Å². The zero-order valence-electron chi connectivity index (χ0n) is 39.4. The number of carbonyl (C=O) groups excluding carboxylic acids is 4. The van der Waals surface area contributed by atoms with Gasteiger partial charge in [-0.15, -0.1) is 0 Å². The Kier molecular flexibility index (Phi) is 11.5. The predicted octanol–water partition coefficient (Wildman–Crippen LogP) is 7.22. The molecule has 8 fully saturated rings. The van der Waals surface area contributed by atoms with Gasteiger partial charge >= 0.3 is 23.9 Å². The zero-order chi connectivity index (χ0) is 45.9. The molecule has 10 rings (SSSR count). The van der Waals surface area contributed by atoms with Crippen molar-refractivity contribution in [3.8, 4) is 0 Å². The first-order valence-corrected chi connectivity index (χ1v) is 25.1. The molecule has 12 unspecified atom stereocenters. The van der Waals surface area contributed by atoms with Gasteiger partial charge in [0, 0.05) is 54.1 Å². The number of hydrogen-bond acceptors (Lipinski definition) is 12. The maximum atomic E-state index is 12.4. The fourth-order valence-electron chi connectivity index (χ4n) is 18.2. The summed E-state index contributed by atoms with van der Waals surface area (Å²) in [6.07, 6.45) is 18.4. The molecular weight excluding hydrogens is 817 g/mol. The topological polar surface area (TPSA) is 186 Å². The molecule has 0 spiro atoms. The van der Waals surface area contributed by atoms with Crippen molar-refractivity contribution < 1.29 is 58.6 Å². The van der Waals surface area contributed by atoms with Crippen LogP contribution in [0.25, 0.3) is 0 Å². The molecular formula is C52H76O12. The maximum absolute atomic E-state index is 12.4. The van der Waals surface area contributed by atoms with Crippen LogP contribution in [0.2, 0.25) is 0 Å². The Morgan fingerprint density at radius 2 is 1.11 bits per heavy atom. The summed E-state index contributed by atoms with van der Waals surface area (Å²) in [6.45, 7) is 12.6. The van der Waals surface area contributed by atoms with E-state index in [0.717, 1.165) is 88.2 Å². The molecule has 12 nitrogen and oxygen atoms in total. The molecule has 0 aromatic carbocycles. The zero-order valence-corrected chi connectivity index (χ0v) is 39.4. The normalized spacial score (nSPS) is 50.0. The van der Waals surface area contributed by atoms with E-state index in [2.05, 4.69) is 27.7 Å². The fraction of sp³-hybridized carbons (Fsp3) is 0.846. The Morgan fingerprint density at radius 3 is 1.58 bits per heavy atom. The average Bonchev–Trinajstić information content (AvgIpc) is 3.99. The minimum absolute atomic E-state index is 0.0221. The van der Waals surface area contributed by atoms with Gasteiger partial charge in [-0.25, -0.2) is 9.59 Å². The van der Waals surface area contributed by atoms with E-state index in [4.69, 9.17) is 18.9 Å². The largest absolute Gasteiger partial charge is 0.465 e. The minimum atomic E-state index is -1.14. The van der Waals surface area contributed by atoms with Gasteiger partial charge in [-0.2, -0.15) is 0 Å². The van der Waals surface area contributed by atoms with Crippen LogP contribution in [0, 0.1) is 63.1 Å². The summed E-state index contributed by atoms with van der Waals surface area (Å²) in [5, 5.41) is 48.6. The van der Waals surface area contributed by atoms with Gasteiger partial charge in [-0.3, -0.25) is 9.59 Å². The van der Waals surface area contributed by atoms with Crippen molar-refractivity contribution in [3.63, 3.8) is 0 Å². The first-order valence-electron chi connectivity index (χ1n) is 25.1. The minimum Gasteiger partial charge on any atom is -0.465 e. The van der Waals surface area contributed by atoms with E-state index in [1.54, 1.807) is 12.2 Å². The van der Waals surface area contributed by atoms with Crippen molar-refractivity contribution in [2.24, 2.45) is 63.1 Å². The van der Waals surface area contributed by atoms with Crippen molar-refractivity contribution in [3.05, 3.63) is 23.3 Å². The molecule has 0 aromatic rings. The first kappa shape index (κ1) is 46.3. The summed E-state index contributed by atoms with van der Waals surface area (Å²) >= 11 is 0. The van der Waals surface area contributed by atoms with E-state index in [-0.39, 0.29) is 82.4 Å². The van der Waals surface area contributed by atoms with Gasteiger partial charge in [-0.1, -0.05) is 27.7 Å². The summed E-state index contributed by atoms with van der Waals surface area (Å²) in [6, 6.07) is 0. The Bertz CT molecular complexity index is 1980. The highest BCUT2D eigenvalue weighted by Crippen LogP contribution is 2.73. The second-order valence-corrected chi connectivity index (χ2v) is 23.4. The van der Waals surface area contributed by atoms with E-state index in [1.165, 1.54) is 20.3 Å². The number of ether oxygens (including phenoxy) is 4. The summed E-state index contributed by atoms with van der Waals surface area (Å²) in [5.41, 5.74) is -2.57. The molecule has 4 N–H and O–H groups in total. The molecule has 0 aromatic heterocycles. The van der Waals surface area contributed by atoms with Crippen molar-refractivity contribution in [2.45, 2.75) is 192 Å². The molecule has 356 valence electrons. The molecule has 64 heavy (non-hydrogen) atoms. The summed E-state index contributed by atoms with van der Waals surface area (Å²) in [7, 11) is 0. The van der Waals surface area contributed by atoms with Crippen molar-refractivity contribution in [1.29, 1.82) is 0 Å².